The predicted molar refractivity (Wildman–Crippen MR) is 77.9 cm³/mol. The zero-order chi connectivity index (χ0) is 13.9. The molecule has 100 valence electrons. The number of rotatable bonds is 3. The second-order valence-electron chi connectivity index (χ2n) is 4.26. The Balaban J connectivity index is 1.99. The van der Waals surface area contributed by atoms with Crippen molar-refractivity contribution in [3.8, 4) is 11.1 Å². The normalized spacial score (nSPS) is 10.6. The van der Waals surface area contributed by atoms with Crippen LogP contribution in [0.1, 0.15) is 5.56 Å². The largest absolute Gasteiger partial charge is 0.506 e. The number of nitrogens with zero attached hydrogens (tertiary/aromatic N) is 1. The molecule has 1 N–H and O–H groups in total. The van der Waals surface area contributed by atoms with Crippen molar-refractivity contribution >= 4 is 27.7 Å². The van der Waals surface area contributed by atoms with E-state index in [1.165, 1.54) is 0 Å². The minimum Gasteiger partial charge on any atom is -0.450 e. The van der Waals surface area contributed by atoms with E-state index in [0.717, 1.165) is 26.9 Å². The molecule has 0 saturated heterocycles. The van der Waals surface area contributed by atoms with E-state index in [9.17, 15) is 4.79 Å². The van der Waals surface area contributed by atoms with Crippen LogP contribution in [0.25, 0.3) is 21.3 Å². The van der Waals surface area contributed by atoms with Crippen LogP contribution in [0.5, 0.6) is 0 Å². The average molecular weight is 285 g/mol. The highest BCUT2D eigenvalue weighted by atomic mass is 32.1. The summed E-state index contributed by atoms with van der Waals surface area (Å²) in [5.74, 6) is 0. The van der Waals surface area contributed by atoms with Gasteiger partial charge in [-0.1, -0.05) is 30.3 Å². The lowest BCUT2D eigenvalue weighted by Crippen LogP contribution is -2.00. The third-order valence-corrected chi connectivity index (χ3v) is 3.75. The van der Waals surface area contributed by atoms with Gasteiger partial charge in [-0.15, -0.1) is 11.3 Å². The summed E-state index contributed by atoms with van der Waals surface area (Å²) in [7, 11) is 0. The van der Waals surface area contributed by atoms with Crippen LogP contribution in [-0.2, 0) is 11.3 Å². The molecule has 0 aliphatic rings. The molecule has 0 fully saturated rings. The van der Waals surface area contributed by atoms with E-state index in [-0.39, 0.29) is 6.61 Å². The molecule has 0 atom stereocenters. The molecule has 0 amide bonds. The van der Waals surface area contributed by atoms with E-state index in [1.807, 2.05) is 48.0 Å². The first-order valence-corrected chi connectivity index (χ1v) is 6.89. The molecule has 0 spiro atoms. The number of carboxylic acid groups (broad SMARTS) is 1. The molecule has 1 heterocycles. The van der Waals surface area contributed by atoms with Gasteiger partial charge in [0.2, 0.25) is 0 Å². The molecule has 20 heavy (non-hydrogen) atoms. The Labute approximate surface area is 119 Å². The van der Waals surface area contributed by atoms with Crippen molar-refractivity contribution in [2.45, 2.75) is 6.61 Å². The molecule has 2 aromatic carbocycles. The number of thiazole rings is 1. The van der Waals surface area contributed by atoms with Crippen LogP contribution in [0.4, 0.5) is 4.79 Å². The Kier molecular flexibility index (Phi) is 3.35. The fourth-order valence-electron chi connectivity index (χ4n) is 2.09. The molecular weight excluding hydrogens is 274 g/mol. The number of hydrogen-bond acceptors (Lipinski definition) is 4. The van der Waals surface area contributed by atoms with Crippen LogP contribution < -0.4 is 0 Å². The molecule has 0 aliphatic carbocycles. The Morgan fingerprint density at radius 2 is 2.10 bits per heavy atom. The quantitative estimate of drug-likeness (QED) is 0.734. The van der Waals surface area contributed by atoms with Gasteiger partial charge in [-0.05, 0) is 23.3 Å². The summed E-state index contributed by atoms with van der Waals surface area (Å²) in [4.78, 5) is 14.8. The molecule has 4 nitrogen and oxygen atoms in total. The fraction of sp³-hybridized carbons (Fsp3) is 0.0667. The predicted octanol–water partition coefficient (Wildman–Crippen LogP) is 4.16. The Morgan fingerprint density at radius 1 is 1.25 bits per heavy atom. The summed E-state index contributed by atoms with van der Waals surface area (Å²) in [6, 6.07) is 13.7. The molecule has 0 bridgehead atoms. The van der Waals surface area contributed by atoms with Crippen molar-refractivity contribution < 1.29 is 14.6 Å². The summed E-state index contributed by atoms with van der Waals surface area (Å²) >= 11 is 1.60. The van der Waals surface area contributed by atoms with Gasteiger partial charge in [-0.2, -0.15) is 0 Å². The highest BCUT2D eigenvalue weighted by molar-refractivity contribution is 7.16. The van der Waals surface area contributed by atoms with E-state index < -0.39 is 6.16 Å². The summed E-state index contributed by atoms with van der Waals surface area (Å²) < 4.78 is 5.73. The molecule has 0 saturated carbocycles. The van der Waals surface area contributed by atoms with Gasteiger partial charge >= 0.3 is 6.16 Å². The first-order chi connectivity index (χ1) is 9.74. The monoisotopic (exact) mass is 285 g/mol. The first kappa shape index (κ1) is 12.6. The van der Waals surface area contributed by atoms with Crippen molar-refractivity contribution in [2.24, 2.45) is 0 Å². The molecule has 0 radical (unpaired) electrons. The van der Waals surface area contributed by atoms with Crippen LogP contribution in [-0.4, -0.2) is 16.2 Å². The van der Waals surface area contributed by atoms with Crippen molar-refractivity contribution in [3.05, 3.63) is 53.5 Å². The fourth-order valence-corrected chi connectivity index (χ4v) is 2.80. The molecule has 3 aromatic rings. The second-order valence-corrected chi connectivity index (χ2v) is 5.15. The third kappa shape index (κ3) is 2.48. The summed E-state index contributed by atoms with van der Waals surface area (Å²) in [5.41, 5.74) is 5.66. The van der Waals surface area contributed by atoms with Crippen LogP contribution in [0.3, 0.4) is 0 Å². The number of carbonyl (C=O) groups is 1. The molecule has 3 rings (SSSR count). The average Bonchev–Trinajstić information content (AvgIpc) is 2.93. The molecular formula is C15H11NO3S. The maximum atomic E-state index is 10.4. The van der Waals surface area contributed by atoms with Crippen LogP contribution in [0.2, 0.25) is 0 Å². The van der Waals surface area contributed by atoms with Gasteiger partial charge in [0.25, 0.3) is 0 Å². The highest BCUT2D eigenvalue weighted by Gasteiger charge is 2.07. The standard InChI is InChI=1S/C15H11NO3S/c17-15(18)19-8-10-3-1-4-11(7-10)12-5-2-6-13-14(12)16-9-20-13/h1-7,9H,8H2,(H,17,18). The van der Waals surface area contributed by atoms with Crippen molar-refractivity contribution in [3.63, 3.8) is 0 Å². The van der Waals surface area contributed by atoms with Gasteiger partial charge in [-0.3, -0.25) is 0 Å². The van der Waals surface area contributed by atoms with Gasteiger partial charge < -0.3 is 9.84 Å². The number of fused-ring (bicyclic) bond motifs is 1. The van der Waals surface area contributed by atoms with E-state index in [4.69, 9.17) is 5.11 Å². The third-order valence-electron chi connectivity index (χ3n) is 2.96. The van der Waals surface area contributed by atoms with E-state index in [2.05, 4.69) is 9.72 Å². The van der Waals surface area contributed by atoms with Gasteiger partial charge in [0.15, 0.2) is 0 Å². The number of para-hydroxylation sites is 1. The molecule has 0 unspecified atom stereocenters. The molecule has 5 heteroatoms. The van der Waals surface area contributed by atoms with E-state index in [0.29, 0.717) is 0 Å². The lowest BCUT2D eigenvalue weighted by molar-refractivity contribution is 0.0854. The molecule has 0 aliphatic heterocycles. The minimum absolute atomic E-state index is 0.0518. The van der Waals surface area contributed by atoms with Crippen LogP contribution >= 0.6 is 11.3 Å². The summed E-state index contributed by atoms with van der Waals surface area (Å²) in [5, 5.41) is 8.54. The Hall–Kier alpha value is -2.40. The highest BCUT2D eigenvalue weighted by Crippen LogP contribution is 2.30. The van der Waals surface area contributed by atoms with Crippen molar-refractivity contribution in [2.75, 3.05) is 0 Å². The maximum Gasteiger partial charge on any atom is 0.506 e. The number of aromatic nitrogens is 1. The van der Waals surface area contributed by atoms with Gasteiger partial charge in [0.1, 0.15) is 6.61 Å². The molecule has 1 aromatic heterocycles. The maximum absolute atomic E-state index is 10.4. The Morgan fingerprint density at radius 3 is 2.95 bits per heavy atom. The number of benzene rings is 2. The van der Waals surface area contributed by atoms with Crippen LogP contribution in [0.15, 0.2) is 48.0 Å². The lowest BCUT2D eigenvalue weighted by Gasteiger charge is -2.06. The van der Waals surface area contributed by atoms with Gasteiger partial charge in [0.05, 0.1) is 15.7 Å². The SMILES string of the molecule is O=C(O)OCc1cccc(-c2cccc3scnc23)c1. The minimum atomic E-state index is -1.27. The van der Waals surface area contributed by atoms with E-state index in [1.54, 1.807) is 11.3 Å². The number of hydrogen-bond donors (Lipinski definition) is 1. The Bertz CT molecular complexity index is 766. The second kappa shape index (κ2) is 5.30. The smallest absolute Gasteiger partial charge is 0.450 e. The first-order valence-electron chi connectivity index (χ1n) is 6.01. The zero-order valence-electron chi connectivity index (χ0n) is 10.4. The number of ether oxygens (including phenoxy) is 1. The zero-order valence-corrected chi connectivity index (χ0v) is 11.3. The van der Waals surface area contributed by atoms with Gasteiger partial charge in [0, 0.05) is 5.56 Å². The van der Waals surface area contributed by atoms with Gasteiger partial charge in [-0.25, -0.2) is 9.78 Å². The van der Waals surface area contributed by atoms with E-state index >= 15 is 0 Å². The summed E-state index contributed by atoms with van der Waals surface area (Å²) in [6.45, 7) is 0.0518. The van der Waals surface area contributed by atoms with Crippen molar-refractivity contribution in [1.29, 1.82) is 0 Å². The van der Waals surface area contributed by atoms with Crippen LogP contribution in [0, 0.1) is 0 Å². The lowest BCUT2D eigenvalue weighted by atomic mass is 10.0. The summed E-state index contributed by atoms with van der Waals surface area (Å²) in [6.07, 6.45) is -1.27. The van der Waals surface area contributed by atoms with Crippen molar-refractivity contribution in [1.82, 2.24) is 4.98 Å². The topological polar surface area (TPSA) is 59.4 Å².